The SMILES string of the molecule is CCCCCCCCCCCCOC(O)CCCCCCCCC. The van der Waals surface area contributed by atoms with E-state index in [0.717, 1.165) is 25.9 Å². The zero-order valence-electron chi connectivity index (χ0n) is 16.9. The molecule has 0 saturated heterocycles. The molecule has 1 N–H and O–H groups in total. The van der Waals surface area contributed by atoms with Crippen molar-refractivity contribution >= 4 is 0 Å². The molecule has 0 saturated carbocycles. The Hall–Kier alpha value is -0.0800. The molecule has 1 unspecified atom stereocenters. The fourth-order valence-electron chi connectivity index (χ4n) is 3.17. The first-order valence-electron chi connectivity index (χ1n) is 11.1. The number of unbranched alkanes of at least 4 members (excludes halogenated alkanes) is 15. The second-order valence-electron chi connectivity index (χ2n) is 7.42. The number of hydrogen-bond acceptors (Lipinski definition) is 2. The molecule has 24 heavy (non-hydrogen) atoms. The van der Waals surface area contributed by atoms with E-state index in [1.165, 1.54) is 96.3 Å². The second-order valence-corrected chi connectivity index (χ2v) is 7.42. The molecule has 0 bridgehead atoms. The lowest BCUT2D eigenvalue weighted by Crippen LogP contribution is -2.12. The summed E-state index contributed by atoms with van der Waals surface area (Å²) in [5, 5.41) is 9.81. The first kappa shape index (κ1) is 23.9. The van der Waals surface area contributed by atoms with Gasteiger partial charge in [-0.2, -0.15) is 0 Å². The quantitative estimate of drug-likeness (QED) is 0.185. The van der Waals surface area contributed by atoms with E-state index in [1.807, 2.05) is 0 Å². The molecule has 2 nitrogen and oxygen atoms in total. The van der Waals surface area contributed by atoms with Crippen molar-refractivity contribution in [3.05, 3.63) is 0 Å². The molecule has 0 aromatic rings. The third kappa shape index (κ3) is 20.0. The minimum Gasteiger partial charge on any atom is -0.368 e. The third-order valence-corrected chi connectivity index (χ3v) is 4.86. The Morgan fingerprint density at radius 3 is 1.38 bits per heavy atom. The number of aliphatic hydroxyl groups is 1. The van der Waals surface area contributed by atoms with Gasteiger partial charge in [0, 0.05) is 6.61 Å². The van der Waals surface area contributed by atoms with Crippen molar-refractivity contribution in [3.8, 4) is 0 Å². The predicted octanol–water partition coefficient (Wildman–Crippen LogP) is 7.38. The van der Waals surface area contributed by atoms with Crippen molar-refractivity contribution in [2.24, 2.45) is 0 Å². The van der Waals surface area contributed by atoms with Crippen LogP contribution < -0.4 is 0 Å². The summed E-state index contributed by atoms with van der Waals surface area (Å²) in [4.78, 5) is 0. The van der Waals surface area contributed by atoms with Crippen molar-refractivity contribution in [2.45, 2.75) is 136 Å². The van der Waals surface area contributed by atoms with Gasteiger partial charge < -0.3 is 9.84 Å². The Morgan fingerprint density at radius 1 is 0.542 bits per heavy atom. The summed E-state index contributed by atoms with van der Waals surface area (Å²) in [5.41, 5.74) is 0. The lowest BCUT2D eigenvalue weighted by molar-refractivity contribution is -0.105. The average molecular weight is 343 g/mol. The summed E-state index contributed by atoms with van der Waals surface area (Å²) in [5.74, 6) is 0. The molecule has 0 aromatic carbocycles. The van der Waals surface area contributed by atoms with Crippen molar-refractivity contribution in [1.82, 2.24) is 0 Å². The van der Waals surface area contributed by atoms with E-state index in [1.54, 1.807) is 0 Å². The van der Waals surface area contributed by atoms with Crippen LogP contribution >= 0.6 is 0 Å². The Balaban J connectivity index is 3.11. The van der Waals surface area contributed by atoms with Crippen LogP contribution in [0, 0.1) is 0 Å². The third-order valence-electron chi connectivity index (χ3n) is 4.86. The molecule has 0 aliphatic carbocycles. The fraction of sp³-hybridized carbons (Fsp3) is 1.00. The number of aliphatic hydroxyl groups excluding tert-OH is 1. The predicted molar refractivity (Wildman–Crippen MR) is 106 cm³/mol. The maximum Gasteiger partial charge on any atom is 0.154 e. The van der Waals surface area contributed by atoms with E-state index >= 15 is 0 Å². The minimum absolute atomic E-state index is 0.529. The first-order chi connectivity index (χ1) is 11.8. The molecule has 0 radical (unpaired) electrons. The summed E-state index contributed by atoms with van der Waals surface area (Å²) in [6.07, 6.45) is 22.8. The molecular weight excluding hydrogens is 296 g/mol. The summed E-state index contributed by atoms with van der Waals surface area (Å²) < 4.78 is 5.51. The average Bonchev–Trinajstić information content (AvgIpc) is 2.59. The van der Waals surface area contributed by atoms with Gasteiger partial charge >= 0.3 is 0 Å². The van der Waals surface area contributed by atoms with Crippen LogP contribution in [0.15, 0.2) is 0 Å². The van der Waals surface area contributed by atoms with Crippen molar-refractivity contribution < 1.29 is 9.84 Å². The second kappa shape index (κ2) is 21.0. The van der Waals surface area contributed by atoms with Gasteiger partial charge in [-0.1, -0.05) is 110 Å². The van der Waals surface area contributed by atoms with Crippen LogP contribution in [0.4, 0.5) is 0 Å². The van der Waals surface area contributed by atoms with Gasteiger partial charge in [0.15, 0.2) is 6.29 Å². The molecule has 2 heteroatoms. The topological polar surface area (TPSA) is 29.5 Å². The van der Waals surface area contributed by atoms with Crippen molar-refractivity contribution in [3.63, 3.8) is 0 Å². The monoisotopic (exact) mass is 342 g/mol. The summed E-state index contributed by atoms with van der Waals surface area (Å²) in [6.45, 7) is 5.25. The van der Waals surface area contributed by atoms with Crippen LogP contribution in [0.3, 0.4) is 0 Å². The van der Waals surface area contributed by atoms with Crippen molar-refractivity contribution in [2.75, 3.05) is 6.61 Å². The molecular formula is C22H46O2. The maximum absolute atomic E-state index is 9.81. The Kier molecular flexibility index (Phi) is 20.9. The van der Waals surface area contributed by atoms with Gasteiger partial charge in [-0.05, 0) is 19.3 Å². The summed E-state index contributed by atoms with van der Waals surface area (Å²) in [7, 11) is 0. The lowest BCUT2D eigenvalue weighted by Gasteiger charge is -2.11. The molecule has 0 amide bonds. The Morgan fingerprint density at radius 2 is 0.917 bits per heavy atom. The van der Waals surface area contributed by atoms with E-state index < -0.39 is 6.29 Å². The molecule has 0 aliphatic heterocycles. The van der Waals surface area contributed by atoms with Gasteiger partial charge in [0.1, 0.15) is 0 Å². The van der Waals surface area contributed by atoms with Gasteiger partial charge in [-0.15, -0.1) is 0 Å². The van der Waals surface area contributed by atoms with E-state index in [4.69, 9.17) is 4.74 Å². The highest BCUT2D eigenvalue weighted by molar-refractivity contribution is 4.50. The van der Waals surface area contributed by atoms with Crippen LogP contribution in [-0.2, 0) is 4.74 Å². The molecule has 1 atom stereocenters. The van der Waals surface area contributed by atoms with Crippen LogP contribution in [0.1, 0.15) is 129 Å². The van der Waals surface area contributed by atoms with Crippen LogP contribution in [0.5, 0.6) is 0 Å². The summed E-state index contributed by atoms with van der Waals surface area (Å²) in [6, 6.07) is 0. The molecule has 0 spiro atoms. The normalized spacial score (nSPS) is 12.6. The number of ether oxygens (including phenoxy) is 1. The van der Waals surface area contributed by atoms with E-state index in [0.29, 0.717) is 0 Å². The van der Waals surface area contributed by atoms with Crippen LogP contribution in [-0.4, -0.2) is 18.0 Å². The van der Waals surface area contributed by atoms with E-state index in [2.05, 4.69) is 13.8 Å². The largest absolute Gasteiger partial charge is 0.368 e. The van der Waals surface area contributed by atoms with E-state index in [9.17, 15) is 5.11 Å². The molecule has 0 rings (SSSR count). The standard InChI is InChI=1S/C22H46O2/c1-3-5-7-9-11-12-13-15-17-19-21-24-22(23)20-18-16-14-10-8-6-4-2/h22-23H,3-21H2,1-2H3. The van der Waals surface area contributed by atoms with Gasteiger partial charge in [0.25, 0.3) is 0 Å². The number of rotatable bonds is 20. The van der Waals surface area contributed by atoms with Gasteiger partial charge in [-0.3, -0.25) is 0 Å². The van der Waals surface area contributed by atoms with E-state index in [-0.39, 0.29) is 0 Å². The first-order valence-corrected chi connectivity index (χ1v) is 11.1. The highest BCUT2D eigenvalue weighted by Crippen LogP contribution is 2.12. The van der Waals surface area contributed by atoms with Gasteiger partial charge in [0.2, 0.25) is 0 Å². The summed E-state index contributed by atoms with van der Waals surface area (Å²) >= 11 is 0. The van der Waals surface area contributed by atoms with Crippen LogP contribution in [0.2, 0.25) is 0 Å². The maximum atomic E-state index is 9.81. The van der Waals surface area contributed by atoms with Gasteiger partial charge in [0.05, 0.1) is 0 Å². The fourth-order valence-corrected chi connectivity index (χ4v) is 3.17. The highest BCUT2D eigenvalue weighted by atomic mass is 16.6. The Labute approximate surface area is 152 Å². The minimum atomic E-state index is -0.529. The molecule has 0 aliphatic rings. The smallest absolute Gasteiger partial charge is 0.154 e. The van der Waals surface area contributed by atoms with Gasteiger partial charge in [-0.25, -0.2) is 0 Å². The Bertz CT molecular complexity index is 218. The van der Waals surface area contributed by atoms with Crippen molar-refractivity contribution in [1.29, 1.82) is 0 Å². The zero-order valence-corrected chi connectivity index (χ0v) is 16.9. The lowest BCUT2D eigenvalue weighted by atomic mass is 10.1. The van der Waals surface area contributed by atoms with Crippen LogP contribution in [0.25, 0.3) is 0 Å². The zero-order chi connectivity index (χ0) is 17.7. The molecule has 0 heterocycles. The molecule has 146 valence electrons. The number of hydrogen-bond donors (Lipinski definition) is 1. The molecule has 0 aromatic heterocycles. The highest BCUT2D eigenvalue weighted by Gasteiger charge is 2.03. The molecule has 0 fully saturated rings.